The summed E-state index contributed by atoms with van der Waals surface area (Å²) in [6.45, 7) is 0. The number of hydrogen-bond acceptors (Lipinski definition) is 5. The Morgan fingerprint density at radius 3 is 2.84 bits per heavy atom. The van der Waals surface area contributed by atoms with Crippen LogP contribution in [-0.2, 0) is 4.79 Å². The molecule has 2 aromatic heterocycles. The molecule has 1 aliphatic rings. The zero-order chi connectivity index (χ0) is 17.4. The second kappa shape index (κ2) is 6.36. The fraction of sp³-hybridized carbons (Fsp3) is 0.235. The molecule has 1 N–H and O–H groups in total. The van der Waals surface area contributed by atoms with Crippen molar-refractivity contribution in [1.82, 2.24) is 14.2 Å². The van der Waals surface area contributed by atoms with E-state index in [4.69, 9.17) is 4.74 Å². The Kier molecular flexibility index (Phi) is 4.04. The van der Waals surface area contributed by atoms with Crippen molar-refractivity contribution in [2.24, 2.45) is 5.92 Å². The summed E-state index contributed by atoms with van der Waals surface area (Å²) in [6.07, 6.45) is 1.81. The number of amides is 1. The number of anilines is 1. The van der Waals surface area contributed by atoms with Crippen molar-refractivity contribution in [2.45, 2.75) is 12.8 Å². The lowest BCUT2D eigenvalue weighted by Gasteiger charge is -2.06. The maximum atomic E-state index is 13.4. The van der Waals surface area contributed by atoms with Crippen LogP contribution in [0.2, 0.25) is 0 Å². The van der Waals surface area contributed by atoms with Crippen molar-refractivity contribution < 1.29 is 13.4 Å². The van der Waals surface area contributed by atoms with Gasteiger partial charge in [0.15, 0.2) is 18.0 Å². The summed E-state index contributed by atoms with van der Waals surface area (Å²) in [4.78, 5) is 16.3. The molecule has 128 valence electrons. The van der Waals surface area contributed by atoms with E-state index in [1.807, 2.05) is 24.3 Å². The smallest absolute Gasteiger partial charge is 0.228 e. The van der Waals surface area contributed by atoms with Crippen LogP contribution < -0.4 is 10.1 Å². The number of rotatable bonds is 5. The van der Waals surface area contributed by atoms with Crippen molar-refractivity contribution in [3.8, 4) is 17.0 Å². The van der Waals surface area contributed by atoms with Crippen LogP contribution in [-0.4, -0.2) is 27.2 Å². The monoisotopic (exact) mass is 358 g/mol. The van der Waals surface area contributed by atoms with Crippen LogP contribution in [0.3, 0.4) is 0 Å². The standard InChI is InChI=1S/C17H15FN4O2S/c1-24-13-5-3-2-4-11(13)15-12-8-9-14(20-17(23)10-6-7-10)19-16(12)22(21-15)25-18/h2-5,8-10H,6-7H2,1H3,(H,19,20,23). The highest BCUT2D eigenvalue weighted by molar-refractivity contribution is 7.92. The summed E-state index contributed by atoms with van der Waals surface area (Å²) >= 11 is -0.0370. The van der Waals surface area contributed by atoms with Gasteiger partial charge in [0.1, 0.15) is 17.3 Å². The first kappa shape index (κ1) is 15.9. The van der Waals surface area contributed by atoms with E-state index in [0.29, 0.717) is 28.3 Å². The van der Waals surface area contributed by atoms with E-state index in [2.05, 4.69) is 15.4 Å². The third-order valence-electron chi connectivity index (χ3n) is 4.13. The fourth-order valence-corrected chi connectivity index (χ4v) is 3.02. The maximum Gasteiger partial charge on any atom is 0.228 e. The molecule has 0 unspecified atom stereocenters. The van der Waals surface area contributed by atoms with Crippen LogP contribution >= 0.6 is 12.3 Å². The number of nitrogens with zero attached hydrogens (tertiary/aromatic N) is 3. The number of fused-ring (bicyclic) bond motifs is 1. The molecule has 2 heterocycles. The zero-order valence-electron chi connectivity index (χ0n) is 13.4. The Labute approximate surface area is 147 Å². The van der Waals surface area contributed by atoms with Gasteiger partial charge in [-0.2, -0.15) is 9.19 Å². The van der Waals surface area contributed by atoms with Gasteiger partial charge < -0.3 is 10.1 Å². The first-order valence-corrected chi connectivity index (χ1v) is 8.51. The number of halogens is 1. The van der Waals surface area contributed by atoms with Gasteiger partial charge in [0.05, 0.1) is 7.11 Å². The molecular weight excluding hydrogens is 343 g/mol. The minimum atomic E-state index is -0.0456. The lowest BCUT2D eigenvalue weighted by molar-refractivity contribution is -0.117. The second-order valence-corrected chi connectivity index (χ2v) is 6.31. The zero-order valence-corrected chi connectivity index (χ0v) is 14.2. The molecule has 0 spiro atoms. The highest BCUT2D eigenvalue weighted by atomic mass is 32.2. The molecule has 0 bridgehead atoms. The topological polar surface area (TPSA) is 69.0 Å². The summed E-state index contributed by atoms with van der Waals surface area (Å²) in [5.74, 6) is 1.06. The van der Waals surface area contributed by atoms with Crippen molar-refractivity contribution in [2.75, 3.05) is 12.4 Å². The van der Waals surface area contributed by atoms with E-state index in [1.54, 1.807) is 19.2 Å². The molecular formula is C17H15FN4O2S. The third kappa shape index (κ3) is 2.93. The Bertz CT molecular complexity index is 955. The first-order chi connectivity index (χ1) is 12.2. The van der Waals surface area contributed by atoms with Crippen LogP contribution in [0.4, 0.5) is 9.70 Å². The predicted octanol–water partition coefficient (Wildman–Crippen LogP) is 3.84. The van der Waals surface area contributed by atoms with Gasteiger partial charge >= 0.3 is 0 Å². The summed E-state index contributed by atoms with van der Waals surface area (Å²) in [5.41, 5.74) is 1.67. The Morgan fingerprint density at radius 1 is 1.32 bits per heavy atom. The van der Waals surface area contributed by atoms with Crippen molar-refractivity contribution >= 4 is 35.1 Å². The van der Waals surface area contributed by atoms with Gasteiger partial charge in [-0.25, -0.2) is 4.98 Å². The number of hydrogen-bond donors (Lipinski definition) is 1. The highest BCUT2D eigenvalue weighted by Crippen LogP contribution is 2.36. The number of pyridine rings is 1. The highest BCUT2D eigenvalue weighted by Gasteiger charge is 2.30. The largest absolute Gasteiger partial charge is 0.496 e. The summed E-state index contributed by atoms with van der Waals surface area (Å²) in [6, 6.07) is 10.9. The molecule has 1 fully saturated rings. The van der Waals surface area contributed by atoms with E-state index < -0.39 is 0 Å². The number of nitrogens with one attached hydrogen (secondary N) is 1. The fourth-order valence-electron chi connectivity index (χ4n) is 2.70. The molecule has 0 aliphatic heterocycles. The van der Waals surface area contributed by atoms with Crippen LogP contribution in [0, 0.1) is 5.92 Å². The number of aromatic nitrogens is 3. The number of carbonyl (C=O) groups is 1. The van der Waals surface area contributed by atoms with Crippen LogP contribution in [0.5, 0.6) is 5.75 Å². The molecule has 8 heteroatoms. The van der Waals surface area contributed by atoms with Crippen LogP contribution in [0.15, 0.2) is 36.4 Å². The quantitative estimate of drug-likeness (QED) is 0.750. The van der Waals surface area contributed by atoms with E-state index in [0.717, 1.165) is 22.5 Å². The van der Waals surface area contributed by atoms with Crippen LogP contribution in [0.1, 0.15) is 12.8 Å². The molecule has 1 saturated carbocycles. The summed E-state index contributed by atoms with van der Waals surface area (Å²) in [7, 11) is 1.58. The SMILES string of the molecule is COc1ccccc1-c1nn(SF)c2nc(NC(=O)C3CC3)ccc12. The molecule has 25 heavy (non-hydrogen) atoms. The van der Waals surface area contributed by atoms with E-state index in [1.165, 1.54) is 0 Å². The number of methoxy groups -OCH3 is 1. The number of carbonyl (C=O) groups excluding carboxylic acids is 1. The third-order valence-corrected chi connectivity index (χ3v) is 4.51. The normalized spacial score (nSPS) is 13.8. The minimum Gasteiger partial charge on any atom is -0.496 e. The van der Waals surface area contributed by atoms with E-state index in [-0.39, 0.29) is 24.2 Å². The minimum absolute atomic E-state index is 0.0370. The second-order valence-electron chi connectivity index (χ2n) is 5.82. The number of ether oxygens (including phenoxy) is 1. The molecule has 0 saturated heterocycles. The van der Waals surface area contributed by atoms with Gasteiger partial charge in [-0.1, -0.05) is 12.1 Å². The number of para-hydroxylation sites is 1. The van der Waals surface area contributed by atoms with E-state index in [9.17, 15) is 8.68 Å². The van der Waals surface area contributed by atoms with Crippen molar-refractivity contribution in [1.29, 1.82) is 0 Å². The van der Waals surface area contributed by atoms with Crippen molar-refractivity contribution in [3.63, 3.8) is 0 Å². The van der Waals surface area contributed by atoms with Gasteiger partial charge in [-0.15, -0.1) is 3.89 Å². The van der Waals surface area contributed by atoms with Crippen LogP contribution in [0.25, 0.3) is 22.3 Å². The molecule has 3 aromatic rings. The molecule has 4 rings (SSSR count). The lowest BCUT2D eigenvalue weighted by atomic mass is 10.1. The summed E-state index contributed by atoms with van der Waals surface area (Å²) < 4.78 is 19.8. The average molecular weight is 358 g/mol. The van der Waals surface area contributed by atoms with Gasteiger partial charge in [-0.05, 0) is 37.1 Å². The first-order valence-electron chi connectivity index (χ1n) is 7.84. The average Bonchev–Trinajstić information content (AvgIpc) is 3.43. The molecule has 1 aromatic carbocycles. The Hall–Kier alpha value is -2.61. The predicted molar refractivity (Wildman–Crippen MR) is 95.0 cm³/mol. The van der Waals surface area contributed by atoms with Gasteiger partial charge in [0.2, 0.25) is 5.91 Å². The molecule has 1 amide bonds. The Balaban J connectivity index is 1.80. The van der Waals surface area contributed by atoms with E-state index >= 15 is 0 Å². The van der Waals surface area contributed by atoms with Crippen molar-refractivity contribution in [3.05, 3.63) is 36.4 Å². The van der Waals surface area contributed by atoms with Gasteiger partial charge in [-0.3, -0.25) is 4.79 Å². The molecule has 0 atom stereocenters. The molecule has 1 aliphatic carbocycles. The van der Waals surface area contributed by atoms with Gasteiger partial charge in [0, 0.05) is 16.9 Å². The number of benzene rings is 1. The van der Waals surface area contributed by atoms with Gasteiger partial charge in [0.25, 0.3) is 0 Å². The Morgan fingerprint density at radius 2 is 2.12 bits per heavy atom. The maximum absolute atomic E-state index is 13.4. The molecule has 0 radical (unpaired) electrons. The summed E-state index contributed by atoms with van der Waals surface area (Å²) in [5, 5.41) is 7.75. The lowest BCUT2D eigenvalue weighted by Crippen LogP contribution is -2.14. The molecule has 6 nitrogen and oxygen atoms in total.